The fourth-order valence-corrected chi connectivity index (χ4v) is 3.50. The molecule has 3 nitrogen and oxygen atoms in total. The van der Waals surface area contributed by atoms with E-state index < -0.39 is 0 Å². The van der Waals surface area contributed by atoms with E-state index in [0.29, 0.717) is 24.3 Å². The van der Waals surface area contributed by atoms with E-state index in [4.69, 9.17) is 0 Å². The van der Waals surface area contributed by atoms with Crippen molar-refractivity contribution in [3.63, 3.8) is 0 Å². The van der Waals surface area contributed by atoms with Crippen LogP contribution >= 0.6 is 0 Å². The van der Waals surface area contributed by atoms with Gasteiger partial charge in [0.05, 0.1) is 0 Å². The average Bonchev–Trinajstić information content (AvgIpc) is 2.38. The number of anilines is 1. The predicted molar refractivity (Wildman–Crippen MR) is 73.6 cm³/mol. The molecule has 0 aliphatic heterocycles. The van der Waals surface area contributed by atoms with Crippen LogP contribution in [-0.2, 0) is 9.59 Å². The van der Waals surface area contributed by atoms with Gasteiger partial charge in [0.15, 0.2) is 0 Å². The van der Waals surface area contributed by atoms with Gasteiger partial charge in [0, 0.05) is 23.4 Å². The summed E-state index contributed by atoms with van der Waals surface area (Å²) in [7, 11) is 0. The smallest absolute Gasteiger partial charge is 0.227 e. The first kappa shape index (κ1) is 13.3. The molecule has 0 spiro atoms. The fourth-order valence-electron chi connectivity index (χ4n) is 3.50. The summed E-state index contributed by atoms with van der Waals surface area (Å²) < 4.78 is 13.1. The number of carbonyl (C=O) groups is 2. The number of nitrogens with one attached hydrogen (secondary N) is 1. The predicted octanol–water partition coefficient (Wildman–Crippen LogP) is 3.16. The normalized spacial score (nSPS) is 29.1. The third kappa shape index (κ3) is 2.60. The minimum absolute atomic E-state index is 0.0609. The summed E-state index contributed by atoms with van der Waals surface area (Å²) in [5.41, 5.74) is 0.483. The second-order valence-electron chi connectivity index (χ2n) is 5.90. The number of carbonyl (C=O) groups excluding carboxylic acids is 2. The van der Waals surface area contributed by atoms with E-state index in [-0.39, 0.29) is 29.5 Å². The van der Waals surface area contributed by atoms with Gasteiger partial charge in [-0.25, -0.2) is 4.39 Å². The first-order valence-corrected chi connectivity index (χ1v) is 7.23. The molecule has 3 rings (SSSR count). The van der Waals surface area contributed by atoms with Crippen LogP contribution in [0.2, 0.25) is 0 Å². The van der Waals surface area contributed by atoms with Crippen molar-refractivity contribution in [2.45, 2.75) is 32.1 Å². The number of benzene rings is 1. The quantitative estimate of drug-likeness (QED) is 0.901. The van der Waals surface area contributed by atoms with Crippen molar-refractivity contribution in [2.75, 3.05) is 5.32 Å². The Morgan fingerprint density at radius 3 is 2.55 bits per heavy atom. The summed E-state index contributed by atoms with van der Waals surface area (Å²) in [5.74, 6) is -0.0904. The Hall–Kier alpha value is -1.71. The molecule has 2 saturated carbocycles. The highest BCUT2D eigenvalue weighted by atomic mass is 19.1. The molecule has 1 aromatic rings. The van der Waals surface area contributed by atoms with E-state index in [1.165, 1.54) is 12.1 Å². The van der Waals surface area contributed by atoms with Crippen LogP contribution in [0.1, 0.15) is 32.1 Å². The molecule has 4 heteroatoms. The summed E-state index contributed by atoms with van der Waals surface area (Å²) >= 11 is 0. The number of hydrogen-bond acceptors (Lipinski definition) is 2. The van der Waals surface area contributed by atoms with Gasteiger partial charge < -0.3 is 5.32 Å². The van der Waals surface area contributed by atoms with Crippen molar-refractivity contribution in [3.8, 4) is 0 Å². The molecule has 20 heavy (non-hydrogen) atoms. The lowest BCUT2D eigenvalue weighted by atomic mass is 9.67. The molecule has 2 bridgehead atoms. The Morgan fingerprint density at radius 1 is 1.20 bits per heavy atom. The second-order valence-corrected chi connectivity index (χ2v) is 5.90. The number of fused-ring (bicyclic) bond motifs is 2. The first-order chi connectivity index (χ1) is 9.63. The Morgan fingerprint density at radius 2 is 1.90 bits per heavy atom. The number of Topliss-reactive ketones (excluding diaryl/α,β-unsaturated/α-hetero) is 1. The van der Waals surface area contributed by atoms with Gasteiger partial charge in [0.2, 0.25) is 5.91 Å². The van der Waals surface area contributed by atoms with Gasteiger partial charge in [0.1, 0.15) is 11.6 Å². The lowest BCUT2D eigenvalue weighted by molar-refractivity contribution is -0.136. The lowest BCUT2D eigenvalue weighted by Gasteiger charge is -2.36. The summed E-state index contributed by atoms with van der Waals surface area (Å²) in [6.07, 6.45) is 4.23. The fraction of sp³-hybridized carbons (Fsp3) is 0.500. The molecule has 2 fully saturated rings. The minimum Gasteiger partial charge on any atom is -0.326 e. The largest absolute Gasteiger partial charge is 0.326 e. The standard InChI is InChI=1S/C16H18FNO2/c17-13-5-2-6-14(9-13)18-16(20)12-7-10-3-1-4-11(8-12)15(10)19/h2,5-6,9-12H,1,3-4,7-8H2,(H,18,20). The molecule has 106 valence electrons. The molecular formula is C16H18FNO2. The van der Waals surface area contributed by atoms with Crippen LogP contribution < -0.4 is 5.32 Å². The van der Waals surface area contributed by atoms with E-state index in [0.717, 1.165) is 19.3 Å². The SMILES string of the molecule is O=C(Nc1cccc(F)c1)C1CC2CCCC(C1)C2=O. The number of ketones is 1. The Bertz CT molecular complexity index is 527. The van der Waals surface area contributed by atoms with E-state index in [2.05, 4.69) is 5.32 Å². The molecule has 2 atom stereocenters. The van der Waals surface area contributed by atoms with E-state index in [1.807, 2.05) is 0 Å². The van der Waals surface area contributed by atoms with Gasteiger partial charge in [-0.15, -0.1) is 0 Å². The molecule has 2 unspecified atom stereocenters. The number of halogens is 1. The van der Waals surface area contributed by atoms with Crippen molar-refractivity contribution in [1.29, 1.82) is 0 Å². The van der Waals surface area contributed by atoms with Crippen LogP contribution in [0.15, 0.2) is 24.3 Å². The molecule has 0 heterocycles. The van der Waals surface area contributed by atoms with Gasteiger partial charge >= 0.3 is 0 Å². The molecule has 1 aromatic carbocycles. The summed E-state index contributed by atoms with van der Waals surface area (Å²) in [6, 6.07) is 5.91. The van der Waals surface area contributed by atoms with Crippen LogP contribution in [-0.4, -0.2) is 11.7 Å². The highest BCUT2D eigenvalue weighted by Crippen LogP contribution is 2.40. The first-order valence-electron chi connectivity index (χ1n) is 7.23. The molecular weight excluding hydrogens is 257 g/mol. The minimum atomic E-state index is -0.363. The Balaban J connectivity index is 1.67. The van der Waals surface area contributed by atoms with Gasteiger partial charge in [0.25, 0.3) is 0 Å². The van der Waals surface area contributed by atoms with E-state index >= 15 is 0 Å². The lowest BCUT2D eigenvalue weighted by Crippen LogP contribution is -2.40. The van der Waals surface area contributed by atoms with Crippen LogP contribution in [0, 0.1) is 23.6 Å². The zero-order valence-electron chi connectivity index (χ0n) is 11.3. The molecule has 2 aliphatic rings. The van der Waals surface area contributed by atoms with E-state index in [9.17, 15) is 14.0 Å². The highest BCUT2D eigenvalue weighted by Gasteiger charge is 2.41. The summed E-state index contributed by atoms with van der Waals surface area (Å²) in [4.78, 5) is 24.3. The van der Waals surface area contributed by atoms with Gasteiger partial charge in [-0.05, 0) is 43.9 Å². The average molecular weight is 275 g/mol. The monoisotopic (exact) mass is 275 g/mol. The van der Waals surface area contributed by atoms with Crippen LogP contribution in [0.25, 0.3) is 0 Å². The highest BCUT2D eigenvalue weighted by molar-refractivity contribution is 5.95. The summed E-state index contributed by atoms with van der Waals surface area (Å²) in [5, 5.41) is 2.77. The van der Waals surface area contributed by atoms with Crippen molar-refractivity contribution >= 4 is 17.4 Å². The number of rotatable bonds is 2. The molecule has 0 aromatic heterocycles. The maximum Gasteiger partial charge on any atom is 0.227 e. The van der Waals surface area contributed by atoms with Crippen molar-refractivity contribution in [3.05, 3.63) is 30.1 Å². The van der Waals surface area contributed by atoms with Crippen LogP contribution in [0.5, 0.6) is 0 Å². The molecule has 0 saturated heterocycles. The van der Waals surface area contributed by atoms with Crippen LogP contribution in [0.3, 0.4) is 0 Å². The molecule has 1 amide bonds. The topological polar surface area (TPSA) is 46.2 Å². The molecule has 1 N–H and O–H groups in total. The van der Waals surface area contributed by atoms with Crippen LogP contribution in [0.4, 0.5) is 10.1 Å². The zero-order valence-corrected chi connectivity index (χ0v) is 11.3. The van der Waals surface area contributed by atoms with Crippen molar-refractivity contribution in [1.82, 2.24) is 0 Å². The summed E-state index contributed by atoms with van der Waals surface area (Å²) in [6.45, 7) is 0. The van der Waals surface area contributed by atoms with Crippen molar-refractivity contribution in [2.24, 2.45) is 17.8 Å². The Labute approximate surface area is 117 Å². The third-order valence-corrected chi connectivity index (χ3v) is 4.51. The maximum atomic E-state index is 13.1. The van der Waals surface area contributed by atoms with Gasteiger partial charge in [-0.1, -0.05) is 12.5 Å². The van der Waals surface area contributed by atoms with E-state index in [1.54, 1.807) is 12.1 Å². The Kier molecular flexibility index (Phi) is 3.55. The third-order valence-electron chi connectivity index (χ3n) is 4.51. The molecule has 2 aliphatic carbocycles. The second kappa shape index (κ2) is 5.35. The van der Waals surface area contributed by atoms with Gasteiger partial charge in [-0.3, -0.25) is 9.59 Å². The maximum absolute atomic E-state index is 13.1. The zero-order chi connectivity index (χ0) is 14.1. The number of amides is 1. The number of hydrogen-bond donors (Lipinski definition) is 1. The molecule has 0 radical (unpaired) electrons. The van der Waals surface area contributed by atoms with Crippen molar-refractivity contribution < 1.29 is 14.0 Å². The van der Waals surface area contributed by atoms with Gasteiger partial charge in [-0.2, -0.15) is 0 Å².